The second kappa shape index (κ2) is 12.2. The van der Waals surface area contributed by atoms with Crippen LogP contribution in [0.15, 0.2) is 55.2 Å². The van der Waals surface area contributed by atoms with Crippen molar-refractivity contribution in [2.75, 3.05) is 0 Å². The quantitative estimate of drug-likeness (QED) is 0.292. The van der Waals surface area contributed by atoms with Gasteiger partial charge >= 0.3 is 11.3 Å². The molecular weight excluding hydrogens is 705 g/mol. The third-order valence-corrected chi connectivity index (χ3v) is 20.4. The standard InChI is InChI=1S/2C24H32O4/c2*1-22-9-7-16(25)11-15(22)4-5-18-17(22)8-10-23(2)19(12-20-24(18,23)28-20)14-3-6-21(26)27-13-14/h2*3,6,13,15-20,25H,4-5,7-12H2,1-2H3/t2*15-,16+,17+,18-,19-,20-,22+,23-,24-/m11/s1. The predicted octanol–water partition coefficient (Wildman–Crippen LogP) is 8.52. The molecule has 8 heteroatoms. The third-order valence-electron chi connectivity index (χ3n) is 20.4. The minimum Gasteiger partial charge on any atom is -0.431 e. The van der Waals surface area contributed by atoms with Crippen LogP contribution in [0.1, 0.15) is 153 Å². The first-order valence-corrected chi connectivity index (χ1v) is 22.7. The molecule has 2 aromatic rings. The zero-order chi connectivity index (χ0) is 38.6. The Bertz CT molecular complexity index is 1830. The van der Waals surface area contributed by atoms with Crippen LogP contribution < -0.4 is 11.3 Å². The average molecular weight is 769 g/mol. The maximum Gasteiger partial charge on any atom is 0.335 e. The summed E-state index contributed by atoms with van der Waals surface area (Å²) in [7, 11) is 0. The first-order chi connectivity index (χ1) is 26.8. The fourth-order valence-corrected chi connectivity index (χ4v) is 17.5. The molecule has 2 spiro atoms. The lowest BCUT2D eigenvalue weighted by atomic mass is 9.44. The summed E-state index contributed by atoms with van der Waals surface area (Å²) in [5.74, 6) is 4.95. The highest BCUT2D eigenvalue weighted by atomic mass is 16.6. The summed E-state index contributed by atoms with van der Waals surface area (Å²) in [6, 6.07) is 7.10. The Morgan fingerprint density at radius 2 is 0.946 bits per heavy atom. The normalized spacial score (nSPS) is 54.2. The number of aliphatic hydroxyl groups is 2. The number of rotatable bonds is 2. The van der Waals surface area contributed by atoms with Gasteiger partial charge in [-0.15, -0.1) is 0 Å². The van der Waals surface area contributed by atoms with Crippen LogP contribution >= 0.6 is 0 Å². The molecule has 0 unspecified atom stereocenters. The number of hydrogen-bond donors (Lipinski definition) is 2. The van der Waals surface area contributed by atoms with Crippen LogP contribution in [0.25, 0.3) is 0 Å². The summed E-state index contributed by atoms with van der Waals surface area (Å²) in [6.07, 6.45) is 22.3. The Balaban J connectivity index is 0.000000130. The summed E-state index contributed by atoms with van der Waals surface area (Å²) in [6.45, 7) is 9.95. The van der Waals surface area contributed by atoms with Gasteiger partial charge in [-0.25, -0.2) is 9.59 Å². The Hall–Kier alpha value is -2.26. The fourth-order valence-electron chi connectivity index (χ4n) is 17.5. The molecule has 2 N–H and O–H groups in total. The molecule has 8 aliphatic carbocycles. The van der Waals surface area contributed by atoms with E-state index in [1.54, 1.807) is 24.7 Å². The van der Waals surface area contributed by atoms with Crippen molar-refractivity contribution >= 4 is 0 Å². The van der Waals surface area contributed by atoms with Gasteiger partial charge in [0, 0.05) is 23.0 Å². The van der Waals surface area contributed by atoms with Gasteiger partial charge in [0.25, 0.3) is 0 Å². The number of epoxide rings is 2. The highest BCUT2D eigenvalue weighted by Gasteiger charge is 2.82. The van der Waals surface area contributed by atoms with Crippen molar-refractivity contribution in [3.05, 3.63) is 68.8 Å². The highest BCUT2D eigenvalue weighted by molar-refractivity contribution is 5.36. The lowest BCUT2D eigenvalue weighted by Gasteiger charge is -2.61. The van der Waals surface area contributed by atoms with E-state index in [2.05, 4.69) is 27.7 Å². The molecule has 10 aliphatic rings. The third kappa shape index (κ3) is 4.73. The Labute approximate surface area is 331 Å². The number of hydrogen-bond acceptors (Lipinski definition) is 8. The van der Waals surface area contributed by atoms with Crippen LogP contribution in [0.3, 0.4) is 0 Å². The van der Waals surface area contributed by atoms with E-state index in [0.29, 0.717) is 58.5 Å². The van der Waals surface area contributed by atoms with Gasteiger partial charge in [0.15, 0.2) is 0 Å². The molecule has 0 aromatic carbocycles. The maximum absolute atomic E-state index is 11.4. The largest absolute Gasteiger partial charge is 0.431 e. The van der Waals surface area contributed by atoms with Crippen molar-refractivity contribution in [3.63, 3.8) is 0 Å². The molecule has 304 valence electrons. The molecule has 18 atom stereocenters. The molecule has 56 heavy (non-hydrogen) atoms. The van der Waals surface area contributed by atoms with Crippen molar-refractivity contribution in [2.45, 2.75) is 178 Å². The predicted molar refractivity (Wildman–Crippen MR) is 210 cm³/mol. The second-order valence-corrected chi connectivity index (χ2v) is 21.9. The SMILES string of the molecule is C[C@]12CC[C@H](O)C[C@H]1CC[C@@H]1[C@@H]2CC[C@]2(C)[C@@H](c3ccc(=O)oc3)C[C@H]3O[C@]132.C[C@]12CC[C@H](O)C[C@H]1CC[C@@H]1[C@@H]2CC[C@]2(C)[C@@H](c3ccc(=O)oc3)C[C@H]3O[C@]132. The van der Waals surface area contributed by atoms with Crippen molar-refractivity contribution in [1.82, 2.24) is 0 Å². The number of aliphatic hydroxyl groups excluding tert-OH is 2. The summed E-state index contributed by atoms with van der Waals surface area (Å²) in [4.78, 5) is 22.9. The fraction of sp³-hybridized carbons (Fsp3) is 0.792. The van der Waals surface area contributed by atoms with Crippen LogP contribution in [-0.4, -0.2) is 45.8 Å². The number of fused-ring (bicyclic) bond motifs is 6. The minimum atomic E-state index is -0.266. The van der Waals surface area contributed by atoms with Crippen LogP contribution in [0.2, 0.25) is 0 Å². The van der Waals surface area contributed by atoms with Crippen LogP contribution in [0.5, 0.6) is 0 Å². The van der Waals surface area contributed by atoms with Crippen LogP contribution in [-0.2, 0) is 9.47 Å². The molecule has 2 saturated heterocycles. The van der Waals surface area contributed by atoms with Crippen molar-refractivity contribution < 1.29 is 28.5 Å². The zero-order valence-corrected chi connectivity index (χ0v) is 34.0. The molecule has 2 aliphatic heterocycles. The van der Waals surface area contributed by atoms with Gasteiger partial charge in [-0.2, -0.15) is 0 Å². The van der Waals surface area contributed by atoms with E-state index in [4.69, 9.17) is 18.3 Å². The van der Waals surface area contributed by atoms with Gasteiger partial charge in [0.05, 0.1) is 36.9 Å². The number of ether oxygens (including phenoxy) is 2. The molecule has 0 amide bonds. The van der Waals surface area contributed by atoms with E-state index in [1.165, 1.54) is 75.3 Å². The summed E-state index contributed by atoms with van der Waals surface area (Å²) in [5.41, 5.74) is 2.88. The van der Waals surface area contributed by atoms with Crippen LogP contribution in [0.4, 0.5) is 0 Å². The van der Waals surface area contributed by atoms with E-state index in [0.717, 1.165) is 50.4 Å². The van der Waals surface area contributed by atoms with Gasteiger partial charge in [-0.05, 0) is 184 Å². The molecule has 0 bridgehead atoms. The average Bonchev–Trinajstić information content (AvgIpc) is 4.05. The smallest absolute Gasteiger partial charge is 0.335 e. The first-order valence-electron chi connectivity index (χ1n) is 22.7. The van der Waals surface area contributed by atoms with E-state index >= 15 is 0 Å². The molecule has 10 fully saturated rings. The van der Waals surface area contributed by atoms with Crippen LogP contribution in [0, 0.1) is 57.2 Å². The van der Waals surface area contributed by atoms with Gasteiger partial charge in [0.1, 0.15) is 11.2 Å². The lowest BCUT2D eigenvalue weighted by molar-refractivity contribution is -0.139. The Morgan fingerprint density at radius 1 is 0.518 bits per heavy atom. The van der Waals surface area contributed by atoms with Gasteiger partial charge in [-0.3, -0.25) is 0 Å². The monoisotopic (exact) mass is 768 g/mol. The molecule has 2 aromatic heterocycles. The molecule has 0 radical (unpaired) electrons. The molecular formula is C48H64O8. The zero-order valence-electron chi connectivity index (χ0n) is 34.0. The van der Waals surface area contributed by atoms with Crippen molar-refractivity contribution in [2.24, 2.45) is 57.2 Å². The Kier molecular flexibility index (Phi) is 7.99. The van der Waals surface area contributed by atoms with E-state index in [1.807, 2.05) is 12.1 Å². The summed E-state index contributed by atoms with van der Waals surface area (Å²) < 4.78 is 23.6. The molecule has 4 heterocycles. The Morgan fingerprint density at radius 3 is 1.34 bits per heavy atom. The second-order valence-electron chi connectivity index (χ2n) is 21.9. The summed E-state index contributed by atoms with van der Waals surface area (Å²) in [5, 5.41) is 20.5. The lowest BCUT2D eigenvalue weighted by Crippen LogP contribution is -2.58. The van der Waals surface area contributed by atoms with Crippen molar-refractivity contribution in [1.29, 1.82) is 0 Å². The van der Waals surface area contributed by atoms with Gasteiger partial charge < -0.3 is 28.5 Å². The van der Waals surface area contributed by atoms with Gasteiger partial charge in [0.2, 0.25) is 0 Å². The molecule has 8 saturated carbocycles. The van der Waals surface area contributed by atoms with E-state index < -0.39 is 0 Å². The van der Waals surface area contributed by atoms with E-state index in [-0.39, 0.29) is 45.5 Å². The summed E-state index contributed by atoms with van der Waals surface area (Å²) >= 11 is 0. The first kappa shape index (κ1) is 36.8. The topological polar surface area (TPSA) is 126 Å². The molecule has 12 rings (SSSR count). The minimum absolute atomic E-state index is 0.0285. The van der Waals surface area contributed by atoms with Crippen molar-refractivity contribution in [3.8, 4) is 0 Å². The molecule has 8 nitrogen and oxygen atoms in total. The van der Waals surface area contributed by atoms with E-state index in [9.17, 15) is 19.8 Å². The highest BCUT2D eigenvalue weighted by Crippen LogP contribution is 2.79. The van der Waals surface area contributed by atoms with Gasteiger partial charge in [-0.1, -0.05) is 27.7 Å². The maximum atomic E-state index is 11.4.